The smallest absolute Gasteiger partial charge is 0.244 e. The summed E-state index contributed by atoms with van der Waals surface area (Å²) in [6, 6.07) is 0. The summed E-state index contributed by atoms with van der Waals surface area (Å²) < 4.78 is 1.57. The van der Waals surface area contributed by atoms with Crippen molar-refractivity contribution in [3.63, 3.8) is 0 Å². The monoisotopic (exact) mass is 265 g/mol. The Bertz CT molecular complexity index is 392. The van der Waals surface area contributed by atoms with E-state index in [-0.39, 0.29) is 12.5 Å². The number of aromatic nitrogens is 3. The Morgan fingerprint density at radius 2 is 2.37 bits per heavy atom. The molecule has 1 aliphatic rings. The van der Waals surface area contributed by atoms with Gasteiger partial charge in [-0.2, -0.15) is 0 Å². The lowest BCUT2D eigenvalue weighted by atomic mass is 9.97. The third-order valence-electron chi connectivity index (χ3n) is 3.78. The molecule has 1 aromatic rings. The van der Waals surface area contributed by atoms with Crippen molar-refractivity contribution in [2.45, 2.75) is 26.3 Å². The minimum atomic E-state index is 0.0964. The lowest BCUT2D eigenvalue weighted by Crippen LogP contribution is -2.42. The van der Waals surface area contributed by atoms with Crippen molar-refractivity contribution in [3.05, 3.63) is 12.4 Å². The fourth-order valence-electron chi connectivity index (χ4n) is 2.65. The van der Waals surface area contributed by atoms with Gasteiger partial charge in [0.15, 0.2) is 0 Å². The van der Waals surface area contributed by atoms with Crippen LogP contribution >= 0.6 is 0 Å². The molecule has 6 nitrogen and oxygen atoms in total. The third kappa shape index (κ3) is 4.02. The maximum atomic E-state index is 12.1. The number of carbonyl (C=O) groups excluding carboxylic acids is 1. The van der Waals surface area contributed by atoms with Crippen molar-refractivity contribution in [2.24, 2.45) is 5.92 Å². The molecule has 1 atom stereocenters. The lowest BCUT2D eigenvalue weighted by molar-refractivity contribution is -0.131. The van der Waals surface area contributed by atoms with Crippen molar-refractivity contribution in [3.8, 4) is 0 Å². The number of amides is 1. The fraction of sp³-hybridized carbons (Fsp3) is 0.769. The van der Waals surface area contributed by atoms with E-state index in [2.05, 4.69) is 22.1 Å². The summed E-state index contributed by atoms with van der Waals surface area (Å²) in [5, 5.41) is 7.53. The summed E-state index contributed by atoms with van der Waals surface area (Å²) in [6.07, 6.45) is 5.76. The molecular weight excluding hydrogens is 242 g/mol. The van der Waals surface area contributed by atoms with E-state index in [9.17, 15) is 4.79 Å². The van der Waals surface area contributed by atoms with E-state index in [0.717, 1.165) is 19.6 Å². The van der Waals surface area contributed by atoms with Crippen LogP contribution in [0, 0.1) is 5.92 Å². The Kier molecular flexibility index (Phi) is 4.90. The van der Waals surface area contributed by atoms with E-state index < -0.39 is 0 Å². The molecule has 0 aromatic carbocycles. The Hall–Kier alpha value is -1.43. The number of rotatable bonds is 5. The second-order valence-corrected chi connectivity index (χ2v) is 5.28. The van der Waals surface area contributed by atoms with Crippen LogP contribution in [-0.4, -0.2) is 63.9 Å². The molecule has 6 heteroatoms. The Morgan fingerprint density at radius 3 is 3.05 bits per heavy atom. The first-order valence-corrected chi connectivity index (χ1v) is 6.99. The SMILES string of the molecule is CCN1CCCC(CN(C)C(=O)Cn2ccnn2)C1. The summed E-state index contributed by atoms with van der Waals surface area (Å²) in [5.74, 6) is 0.692. The van der Waals surface area contributed by atoms with Crippen LogP contribution in [0.2, 0.25) is 0 Å². The molecule has 106 valence electrons. The van der Waals surface area contributed by atoms with Crippen molar-refractivity contribution in [1.82, 2.24) is 24.8 Å². The van der Waals surface area contributed by atoms with E-state index in [1.165, 1.54) is 19.4 Å². The second kappa shape index (κ2) is 6.65. The van der Waals surface area contributed by atoms with Crippen LogP contribution in [0.1, 0.15) is 19.8 Å². The largest absolute Gasteiger partial charge is 0.344 e. The molecule has 2 rings (SSSR count). The standard InChI is InChI=1S/C13H23N5O/c1-3-17-7-4-5-12(10-17)9-16(2)13(19)11-18-8-6-14-15-18/h6,8,12H,3-5,7,9-11H2,1-2H3. The summed E-state index contributed by atoms with van der Waals surface area (Å²) in [7, 11) is 1.88. The highest BCUT2D eigenvalue weighted by molar-refractivity contribution is 5.75. The van der Waals surface area contributed by atoms with Gasteiger partial charge in [0, 0.05) is 26.3 Å². The first-order chi connectivity index (χ1) is 9.19. The Labute approximate surface area is 114 Å². The van der Waals surface area contributed by atoms with Crippen LogP contribution in [0.3, 0.4) is 0 Å². The van der Waals surface area contributed by atoms with Gasteiger partial charge in [0.25, 0.3) is 0 Å². The van der Waals surface area contributed by atoms with Gasteiger partial charge < -0.3 is 9.80 Å². The number of carbonyl (C=O) groups is 1. The zero-order valence-electron chi connectivity index (χ0n) is 11.8. The van der Waals surface area contributed by atoms with Crippen LogP contribution in [0.25, 0.3) is 0 Å². The number of nitrogens with zero attached hydrogens (tertiary/aromatic N) is 5. The van der Waals surface area contributed by atoms with E-state index >= 15 is 0 Å². The molecule has 1 saturated heterocycles. The van der Waals surface area contributed by atoms with Crippen molar-refractivity contribution >= 4 is 5.91 Å². The predicted molar refractivity (Wildman–Crippen MR) is 72.5 cm³/mol. The molecule has 1 amide bonds. The van der Waals surface area contributed by atoms with Crippen LogP contribution in [0.15, 0.2) is 12.4 Å². The predicted octanol–water partition coefficient (Wildman–Crippen LogP) is 0.468. The lowest BCUT2D eigenvalue weighted by Gasteiger charge is -2.34. The quantitative estimate of drug-likeness (QED) is 0.776. The fourth-order valence-corrected chi connectivity index (χ4v) is 2.65. The summed E-state index contributed by atoms with van der Waals surface area (Å²) in [6.45, 7) is 6.72. The van der Waals surface area contributed by atoms with E-state index in [1.807, 2.05) is 11.9 Å². The zero-order valence-corrected chi connectivity index (χ0v) is 11.8. The van der Waals surface area contributed by atoms with Gasteiger partial charge in [0.05, 0.1) is 6.20 Å². The highest BCUT2D eigenvalue weighted by Gasteiger charge is 2.21. The number of likely N-dealkylation sites (N-methyl/N-ethyl adjacent to an activating group) is 1. The first kappa shape index (κ1) is 14.0. The molecule has 0 saturated carbocycles. The maximum Gasteiger partial charge on any atom is 0.244 e. The highest BCUT2D eigenvalue weighted by Crippen LogP contribution is 2.17. The Morgan fingerprint density at radius 1 is 1.53 bits per heavy atom. The molecular formula is C13H23N5O. The molecule has 1 fully saturated rings. The number of hydrogen-bond acceptors (Lipinski definition) is 4. The molecule has 2 heterocycles. The van der Waals surface area contributed by atoms with Gasteiger partial charge in [-0.25, -0.2) is 4.68 Å². The number of piperidine rings is 1. The second-order valence-electron chi connectivity index (χ2n) is 5.28. The maximum absolute atomic E-state index is 12.1. The van der Waals surface area contributed by atoms with Crippen LogP contribution in [-0.2, 0) is 11.3 Å². The first-order valence-electron chi connectivity index (χ1n) is 6.99. The minimum absolute atomic E-state index is 0.0964. The Balaban J connectivity index is 1.79. The van der Waals surface area contributed by atoms with Crippen molar-refractivity contribution in [2.75, 3.05) is 33.2 Å². The average Bonchev–Trinajstić information content (AvgIpc) is 2.91. The third-order valence-corrected chi connectivity index (χ3v) is 3.78. The van der Waals surface area contributed by atoms with Crippen molar-refractivity contribution < 1.29 is 4.79 Å². The van der Waals surface area contributed by atoms with Gasteiger partial charge in [0.2, 0.25) is 5.91 Å². The zero-order chi connectivity index (χ0) is 13.7. The molecule has 0 spiro atoms. The number of hydrogen-bond donors (Lipinski definition) is 0. The molecule has 0 radical (unpaired) electrons. The normalized spacial score (nSPS) is 20.4. The summed E-state index contributed by atoms with van der Waals surface area (Å²) in [4.78, 5) is 16.3. The summed E-state index contributed by atoms with van der Waals surface area (Å²) >= 11 is 0. The van der Waals surface area contributed by atoms with Crippen LogP contribution < -0.4 is 0 Å². The molecule has 0 bridgehead atoms. The molecule has 0 aliphatic carbocycles. The summed E-state index contributed by atoms with van der Waals surface area (Å²) in [5.41, 5.74) is 0. The molecule has 1 unspecified atom stereocenters. The van der Waals surface area contributed by atoms with Crippen LogP contribution in [0.4, 0.5) is 0 Å². The molecule has 1 aliphatic heterocycles. The number of likely N-dealkylation sites (tertiary alicyclic amines) is 1. The van der Waals surface area contributed by atoms with E-state index in [0.29, 0.717) is 5.92 Å². The van der Waals surface area contributed by atoms with Gasteiger partial charge in [-0.15, -0.1) is 5.10 Å². The van der Waals surface area contributed by atoms with Gasteiger partial charge in [-0.05, 0) is 31.8 Å². The van der Waals surface area contributed by atoms with Gasteiger partial charge >= 0.3 is 0 Å². The van der Waals surface area contributed by atoms with E-state index in [1.54, 1.807) is 17.1 Å². The molecule has 19 heavy (non-hydrogen) atoms. The van der Waals surface area contributed by atoms with E-state index in [4.69, 9.17) is 0 Å². The molecule has 1 aromatic heterocycles. The highest BCUT2D eigenvalue weighted by atomic mass is 16.2. The topological polar surface area (TPSA) is 54.3 Å². The molecule has 0 N–H and O–H groups in total. The van der Waals surface area contributed by atoms with Gasteiger partial charge in [0.1, 0.15) is 6.54 Å². The average molecular weight is 265 g/mol. The minimum Gasteiger partial charge on any atom is -0.344 e. The van der Waals surface area contributed by atoms with Crippen molar-refractivity contribution in [1.29, 1.82) is 0 Å². The van der Waals surface area contributed by atoms with Gasteiger partial charge in [-0.1, -0.05) is 12.1 Å². The van der Waals surface area contributed by atoms with Gasteiger partial charge in [-0.3, -0.25) is 4.79 Å². The van der Waals surface area contributed by atoms with Crippen LogP contribution in [0.5, 0.6) is 0 Å².